The molecule has 5 nitrogen and oxygen atoms in total. The lowest BCUT2D eigenvalue weighted by molar-refractivity contribution is -0.121. The number of piperazine rings is 1. The van der Waals surface area contributed by atoms with E-state index in [0.717, 1.165) is 24.4 Å². The van der Waals surface area contributed by atoms with Crippen LogP contribution in [0.3, 0.4) is 0 Å². The van der Waals surface area contributed by atoms with E-state index >= 15 is 0 Å². The molecule has 3 N–H and O–H groups in total. The summed E-state index contributed by atoms with van der Waals surface area (Å²) in [6, 6.07) is 7.88. The number of hydrogen-bond donors (Lipinski definition) is 2. The second-order valence-corrected chi connectivity index (χ2v) is 4.42. The lowest BCUT2D eigenvalue weighted by Gasteiger charge is -2.34. The highest BCUT2D eigenvalue weighted by Crippen LogP contribution is 2.22. The molecule has 1 saturated heterocycles. The number of carbonyl (C=O) groups is 1. The van der Waals surface area contributed by atoms with E-state index in [1.165, 1.54) is 0 Å². The number of carbonyl (C=O) groups excluding carboxylic acids is 1. The minimum absolute atomic E-state index is 0.0440. The standard InChI is InChI=1S/C13H19N3O2/c1-18-12-4-2-3-11(7-12)16-8-10(5-6-14)15-13(17)9-16/h2-4,7,10H,5-6,8-9,14H2,1H3,(H,15,17). The summed E-state index contributed by atoms with van der Waals surface area (Å²) in [4.78, 5) is 13.7. The Morgan fingerprint density at radius 3 is 3.11 bits per heavy atom. The van der Waals surface area contributed by atoms with Crippen LogP contribution in [0.15, 0.2) is 24.3 Å². The van der Waals surface area contributed by atoms with Gasteiger partial charge in [-0.2, -0.15) is 0 Å². The second kappa shape index (κ2) is 5.73. The Morgan fingerprint density at radius 2 is 2.39 bits per heavy atom. The summed E-state index contributed by atoms with van der Waals surface area (Å²) >= 11 is 0. The number of methoxy groups -OCH3 is 1. The van der Waals surface area contributed by atoms with Crippen LogP contribution in [0, 0.1) is 0 Å². The number of hydrogen-bond acceptors (Lipinski definition) is 4. The second-order valence-electron chi connectivity index (χ2n) is 4.42. The number of nitrogens with one attached hydrogen (secondary N) is 1. The van der Waals surface area contributed by atoms with E-state index in [0.29, 0.717) is 13.1 Å². The van der Waals surface area contributed by atoms with Crippen molar-refractivity contribution in [2.45, 2.75) is 12.5 Å². The van der Waals surface area contributed by atoms with Crippen molar-refractivity contribution in [1.29, 1.82) is 0 Å². The molecule has 1 fully saturated rings. The van der Waals surface area contributed by atoms with E-state index in [1.807, 2.05) is 24.3 Å². The minimum atomic E-state index is 0.0440. The number of ether oxygens (including phenoxy) is 1. The predicted molar refractivity (Wildman–Crippen MR) is 70.8 cm³/mol. The molecule has 1 heterocycles. The molecule has 1 atom stereocenters. The van der Waals surface area contributed by atoms with Crippen LogP contribution in [-0.4, -0.2) is 38.7 Å². The van der Waals surface area contributed by atoms with Gasteiger partial charge in [-0.15, -0.1) is 0 Å². The average Bonchev–Trinajstić information content (AvgIpc) is 2.38. The van der Waals surface area contributed by atoms with Crippen LogP contribution in [-0.2, 0) is 4.79 Å². The molecule has 0 aromatic heterocycles. The highest BCUT2D eigenvalue weighted by Gasteiger charge is 2.24. The van der Waals surface area contributed by atoms with Gasteiger partial charge in [0, 0.05) is 24.3 Å². The maximum atomic E-state index is 11.7. The third-order valence-corrected chi connectivity index (χ3v) is 3.07. The van der Waals surface area contributed by atoms with Crippen molar-refractivity contribution in [1.82, 2.24) is 5.32 Å². The van der Waals surface area contributed by atoms with Crippen molar-refractivity contribution in [2.75, 3.05) is 31.6 Å². The van der Waals surface area contributed by atoms with Crippen LogP contribution < -0.4 is 20.7 Å². The average molecular weight is 249 g/mol. The Hall–Kier alpha value is -1.75. The Morgan fingerprint density at radius 1 is 1.56 bits per heavy atom. The van der Waals surface area contributed by atoms with E-state index in [9.17, 15) is 4.79 Å². The van der Waals surface area contributed by atoms with Crippen LogP contribution in [0.4, 0.5) is 5.69 Å². The summed E-state index contributed by atoms with van der Waals surface area (Å²) in [5.74, 6) is 0.844. The molecule has 0 radical (unpaired) electrons. The number of anilines is 1. The van der Waals surface area contributed by atoms with E-state index < -0.39 is 0 Å². The summed E-state index contributed by atoms with van der Waals surface area (Å²) in [6.45, 7) is 1.75. The summed E-state index contributed by atoms with van der Waals surface area (Å²) in [7, 11) is 1.64. The highest BCUT2D eigenvalue weighted by molar-refractivity contribution is 5.83. The maximum absolute atomic E-state index is 11.7. The van der Waals surface area contributed by atoms with Crippen molar-refractivity contribution in [3.8, 4) is 5.75 Å². The van der Waals surface area contributed by atoms with Gasteiger partial charge in [0.2, 0.25) is 5.91 Å². The van der Waals surface area contributed by atoms with Gasteiger partial charge in [-0.3, -0.25) is 4.79 Å². The van der Waals surface area contributed by atoms with E-state index in [4.69, 9.17) is 10.5 Å². The third kappa shape index (κ3) is 2.92. The fraction of sp³-hybridized carbons (Fsp3) is 0.462. The summed E-state index contributed by atoms with van der Waals surface area (Å²) in [5.41, 5.74) is 6.55. The number of benzene rings is 1. The molecule has 0 bridgehead atoms. The summed E-state index contributed by atoms with van der Waals surface area (Å²) in [6.07, 6.45) is 0.798. The molecule has 98 valence electrons. The topological polar surface area (TPSA) is 67.6 Å². The number of nitrogens with two attached hydrogens (primary N) is 1. The molecule has 0 spiro atoms. The van der Waals surface area contributed by atoms with Gasteiger partial charge in [-0.1, -0.05) is 6.07 Å². The van der Waals surface area contributed by atoms with Gasteiger partial charge in [0.15, 0.2) is 0 Å². The Bertz CT molecular complexity index is 422. The Kier molecular flexibility index (Phi) is 4.04. The van der Waals surface area contributed by atoms with Gasteiger partial charge in [0.1, 0.15) is 5.75 Å². The molecule has 5 heteroatoms. The Labute approximate surface area is 107 Å². The van der Waals surface area contributed by atoms with Crippen molar-refractivity contribution < 1.29 is 9.53 Å². The first-order valence-corrected chi connectivity index (χ1v) is 6.11. The molecule has 1 aromatic carbocycles. The van der Waals surface area contributed by atoms with Gasteiger partial charge in [0.05, 0.1) is 13.7 Å². The van der Waals surface area contributed by atoms with Crippen LogP contribution in [0.5, 0.6) is 5.75 Å². The van der Waals surface area contributed by atoms with E-state index in [-0.39, 0.29) is 11.9 Å². The van der Waals surface area contributed by atoms with Crippen molar-refractivity contribution in [2.24, 2.45) is 5.73 Å². The number of nitrogens with zero attached hydrogens (tertiary/aromatic N) is 1. The molecule has 1 amide bonds. The molecular formula is C13H19N3O2. The molecule has 1 aliphatic rings. The number of rotatable bonds is 4. The monoisotopic (exact) mass is 249 g/mol. The molecule has 18 heavy (non-hydrogen) atoms. The van der Waals surface area contributed by atoms with Crippen LogP contribution in [0.2, 0.25) is 0 Å². The molecule has 0 saturated carbocycles. The van der Waals surface area contributed by atoms with Gasteiger partial charge < -0.3 is 20.7 Å². The zero-order valence-corrected chi connectivity index (χ0v) is 10.6. The molecule has 1 unspecified atom stereocenters. The molecular weight excluding hydrogens is 230 g/mol. The SMILES string of the molecule is COc1cccc(N2CC(=O)NC(CCN)C2)c1. The zero-order chi connectivity index (χ0) is 13.0. The molecule has 1 aromatic rings. The van der Waals surface area contributed by atoms with Gasteiger partial charge >= 0.3 is 0 Å². The largest absolute Gasteiger partial charge is 0.497 e. The molecule has 2 rings (SSSR count). The van der Waals surface area contributed by atoms with Gasteiger partial charge in [0.25, 0.3) is 0 Å². The van der Waals surface area contributed by atoms with Gasteiger partial charge in [-0.25, -0.2) is 0 Å². The van der Waals surface area contributed by atoms with Crippen molar-refractivity contribution in [3.05, 3.63) is 24.3 Å². The van der Waals surface area contributed by atoms with Crippen molar-refractivity contribution >= 4 is 11.6 Å². The van der Waals surface area contributed by atoms with Crippen molar-refractivity contribution in [3.63, 3.8) is 0 Å². The molecule has 1 aliphatic heterocycles. The summed E-state index contributed by atoms with van der Waals surface area (Å²) in [5, 5.41) is 2.95. The lowest BCUT2D eigenvalue weighted by atomic mass is 10.1. The van der Waals surface area contributed by atoms with E-state index in [2.05, 4.69) is 10.2 Å². The number of amides is 1. The van der Waals surface area contributed by atoms with Crippen LogP contribution >= 0.6 is 0 Å². The quantitative estimate of drug-likeness (QED) is 0.808. The molecule has 0 aliphatic carbocycles. The fourth-order valence-electron chi connectivity index (χ4n) is 2.19. The lowest BCUT2D eigenvalue weighted by Crippen LogP contribution is -2.54. The normalized spacial score (nSPS) is 19.6. The minimum Gasteiger partial charge on any atom is -0.497 e. The third-order valence-electron chi connectivity index (χ3n) is 3.07. The maximum Gasteiger partial charge on any atom is 0.239 e. The fourth-order valence-corrected chi connectivity index (χ4v) is 2.19. The smallest absolute Gasteiger partial charge is 0.239 e. The van der Waals surface area contributed by atoms with Crippen LogP contribution in [0.1, 0.15) is 6.42 Å². The van der Waals surface area contributed by atoms with E-state index in [1.54, 1.807) is 7.11 Å². The Balaban J connectivity index is 2.13. The first-order chi connectivity index (χ1) is 8.72. The predicted octanol–water partition coefficient (Wildman–Crippen LogP) is 0.349. The van der Waals surface area contributed by atoms with Gasteiger partial charge in [-0.05, 0) is 25.1 Å². The highest BCUT2D eigenvalue weighted by atomic mass is 16.5. The van der Waals surface area contributed by atoms with Crippen LogP contribution in [0.25, 0.3) is 0 Å². The summed E-state index contributed by atoms with van der Waals surface area (Å²) < 4.78 is 5.20. The zero-order valence-electron chi connectivity index (χ0n) is 10.6. The first kappa shape index (κ1) is 12.7. The first-order valence-electron chi connectivity index (χ1n) is 6.11.